The summed E-state index contributed by atoms with van der Waals surface area (Å²) in [6.45, 7) is 5.32. The van der Waals surface area contributed by atoms with Crippen molar-refractivity contribution < 1.29 is 4.79 Å². The molecule has 1 amide bonds. The highest BCUT2D eigenvalue weighted by atomic mass is 127. The number of carbonyl (C=O) groups excluding carboxylic acids is 1. The highest BCUT2D eigenvalue weighted by Crippen LogP contribution is 2.20. The third kappa shape index (κ3) is 6.69. The van der Waals surface area contributed by atoms with Gasteiger partial charge in [0.05, 0.1) is 6.54 Å². The highest BCUT2D eigenvalue weighted by molar-refractivity contribution is 14.0. The van der Waals surface area contributed by atoms with Crippen LogP contribution in [0.25, 0.3) is 5.82 Å². The zero-order valence-electron chi connectivity index (χ0n) is 17.0. The number of amides is 1. The van der Waals surface area contributed by atoms with Crippen LogP contribution in [0, 0.1) is 5.92 Å². The van der Waals surface area contributed by atoms with Gasteiger partial charge in [0.25, 0.3) is 0 Å². The number of aromatic nitrogens is 3. The molecule has 0 unspecified atom stereocenters. The summed E-state index contributed by atoms with van der Waals surface area (Å²) in [6, 6.07) is 5.87. The molecular formula is C20H30IN7O. The molecule has 0 bridgehead atoms. The molecule has 0 aliphatic carbocycles. The lowest BCUT2D eigenvalue weighted by atomic mass is 9.93. The van der Waals surface area contributed by atoms with Crippen LogP contribution in [0.2, 0.25) is 0 Å². The molecule has 2 aromatic heterocycles. The maximum atomic E-state index is 11.6. The number of guanidine groups is 1. The Kier molecular flexibility index (Phi) is 9.36. The average molecular weight is 511 g/mol. The Bertz CT molecular complexity index is 786. The van der Waals surface area contributed by atoms with Gasteiger partial charge in [0, 0.05) is 51.7 Å². The van der Waals surface area contributed by atoms with Crippen molar-refractivity contribution in [1.29, 1.82) is 0 Å². The average Bonchev–Trinajstić information content (AvgIpc) is 3.27. The third-order valence-electron chi connectivity index (χ3n) is 4.96. The molecule has 1 fully saturated rings. The van der Waals surface area contributed by atoms with Crippen molar-refractivity contribution in [2.24, 2.45) is 10.9 Å². The Morgan fingerprint density at radius 1 is 1.31 bits per heavy atom. The number of nitrogens with zero attached hydrogens (tertiary/aromatic N) is 5. The minimum Gasteiger partial charge on any atom is -0.359 e. The van der Waals surface area contributed by atoms with Gasteiger partial charge in [-0.2, -0.15) is 5.10 Å². The van der Waals surface area contributed by atoms with E-state index in [1.807, 2.05) is 24.4 Å². The van der Waals surface area contributed by atoms with Gasteiger partial charge in [0.1, 0.15) is 0 Å². The first-order valence-electron chi connectivity index (χ1n) is 9.88. The third-order valence-corrected chi connectivity index (χ3v) is 4.96. The number of hydrogen-bond donors (Lipinski definition) is 2. The van der Waals surface area contributed by atoms with E-state index in [0.29, 0.717) is 18.9 Å². The predicted molar refractivity (Wildman–Crippen MR) is 125 cm³/mol. The van der Waals surface area contributed by atoms with Crippen LogP contribution in [-0.4, -0.2) is 58.2 Å². The Morgan fingerprint density at radius 2 is 2.10 bits per heavy atom. The van der Waals surface area contributed by atoms with Crippen molar-refractivity contribution in [3.63, 3.8) is 0 Å². The normalized spacial score (nSPS) is 15.0. The van der Waals surface area contributed by atoms with Crippen LogP contribution in [0.3, 0.4) is 0 Å². The van der Waals surface area contributed by atoms with Gasteiger partial charge in [-0.3, -0.25) is 4.79 Å². The van der Waals surface area contributed by atoms with Gasteiger partial charge in [-0.15, -0.1) is 24.0 Å². The standard InChI is InChI=1S/C20H29N7O.HI/c1-3-22-20(26-11-6-16(7-12-26)14-19(28)21-2)24-15-17-5-9-23-18(13-17)27-10-4-8-25-27;/h4-5,8-10,13,16H,3,6-7,11-12,14-15H2,1-2H3,(H,21,28)(H,22,24);1H. The van der Waals surface area contributed by atoms with E-state index in [1.165, 1.54) is 0 Å². The quantitative estimate of drug-likeness (QED) is 0.353. The lowest BCUT2D eigenvalue weighted by Crippen LogP contribution is -2.46. The summed E-state index contributed by atoms with van der Waals surface area (Å²) >= 11 is 0. The number of piperidine rings is 1. The zero-order valence-corrected chi connectivity index (χ0v) is 19.4. The first kappa shape index (κ1) is 23.1. The van der Waals surface area contributed by atoms with Crippen LogP contribution in [0.15, 0.2) is 41.8 Å². The number of nitrogens with one attached hydrogen (secondary N) is 2. The van der Waals surface area contributed by atoms with Crippen LogP contribution in [0.5, 0.6) is 0 Å². The summed E-state index contributed by atoms with van der Waals surface area (Å²) in [5.74, 6) is 2.30. The monoisotopic (exact) mass is 511 g/mol. The SMILES string of the molecule is CCNC(=NCc1ccnc(-n2cccn2)c1)N1CCC(CC(=O)NC)CC1.I. The number of halogens is 1. The van der Waals surface area contributed by atoms with E-state index in [1.54, 1.807) is 24.1 Å². The molecule has 9 heteroatoms. The molecular weight excluding hydrogens is 481 g/mol. The fraction of sp³-hybridized carbons (Fsp3) is 0.500. The molecule has 0 atom stereocenters. The fourth-order valence-corrected chi connectivity index (χ4v) is 3.39. The summed E-state index contributed by atoms with van der Waals surface area (Å²) in [6.07, 6.45) is 8.04. The Labute approximate surface area is 189 Å². The van der Waals surface area contributed by atoms with Crippen LogP contribution >= 0.6 is 24.0 Å². The van der Waals surface area contributed by atoms with E-state index in [4.69, 9.17) is 4.99 Å². The molecule has 3 rings (SSSR count). The van der Waals surface area contributed by atoms with Crippen molar-refractivity contribution in [3.05, 3.63) is 42.4 Å². The summed E-state index contributed by atoms with van der Waals surface area (Å²) in [7, 11) is 1.70. The van der Waals surface area contributed by atoms with E-state index in [2.05, 4.69) is 32.5 Å². The highest BCUT2D eigenvalue weighted by Gasteiger charge is 2.23. The molecule has 29 heavy (non-hydrogen) atoms. The topological polar surface area (TPSA) is 87.4 Å². The summed E-state index contributed by atoms with van der Waals surface area (Å²) < 4.78 is 1.75. The minimum atomic E-state index is 0. The predicted octanol–water partition coefficient (Wildman–Crippen LogP) is 2.20. The second-order valence-corrected chi connectivity index (χ2v) is 6.95. The van der Waals surface area contributed by atoms with E-state index in [9.17, 15) is 4.79 Å². The Morgan fingerprint density at radius 3 is 2.76 bits per heavy atom. The van der Waals surface area contributed by atoms with Gasteiger partial charge in [-0.25, -0.2) is 14.7 Å². The van der Waals surface area contributed by atoms with E-state index in [-0.39, 0.29) is 29.9 Å². The first-order chi connectivity index (χ1) is 13.7. The number of likely N-dealkylation sites (tertiary alicyclic amines) is 1. The lowest BCUT2D eigenvalue weighted by Gasteiger charge is -2.34. The molecule has 8 nitrogen and oxygen atoms in total. The summed E-state index contributed by atoms with van der Waals surface area (Å²) in [5.41, 5.74) is 1.09. The van der Waals surface area contributed by atoms with Gasteiger partial charge in [0.15, 0.2) is 11.8 Å². The maximum absolute atomic E-state index is 11.6. The second-order valence-electron chi connectivity index (χ2n) is 6.95. The van der Waals surface area contributed by atoms with Crippen LogP contribution < -0.4 is 10.6 Å². The van der Waals surface area contributed by atoms with Gasteiger partial charge >= 0.3 is 0 Å². The number of pyridine rings is 1. The van der Waals surface area contributed by atoms with E-state index < -0.39 is 0 Å². The number of aliphatic imine (C=N–C) groups is 1. The maximum Gasteiger partial charge on any atom is 0.220 e. The van der Waals surface area contributed by atoms with E-state index in [0.717, 1.165) is 49.8 Å². The largest absolute Gasteiger partial charge is 0.359 e. The summed E-state index contributed by atoms with van der Waals surface area (Å²) in [5, 5.41) is 10.3. The molecule has 1 saturated heterocycles. The van der Waals surface area contributed by atoms with Gasteiger partial charge < -0.3 is 15.5 Å². The second kappa shape index (κ2) is 11.7. The van der Waals surface area contributed by atoms with Gasteiger partial charge in [0.2, 0.25) is 5.91 Å². The molecule has 0 saturated carbocycles. The Balaban J connectivity index is 0.00000300. The first-order valence-corrected chi connectivity index (χ1v) is 9.88. The molecule has 0 radical (unpaired) electrons. The lowest BCUT2D eigenvalue weighted by molar-refractivity contribution is -0.121. The van der Waals surface area contributed by atoms with Crippen molar-refractivity contribution in [1.82, 2.24) is 30.3 Å². The van der Waals surface area contributed by atoms with Crippen molar-refractivity contribution in [2.45, 2.75) is 32.7 Å². The minimum absolute atomic E-state index is 0. The Hall–Kier alpha value is -2.17. The van der Waals surface area contributed by atoms with Crippen LogP contribution in [0.4, 0.5) is 0 Å². The van der Waals surface area contributed by atoms with E-state index >= 15 is 0 Å². The fourth-order valence-electron chi connectivity index (χ4n) is 3.39. The number of hydrogen-bond acceptors (Lipinski definition) is 4. The van der Waals surface area contributed by atoms with Gasteiger partial charge in [-0.05, 0) is 49.4 Å². The van der Waals surface area contributed by atoms with Crippen LogP contribution in [-0.2, 0) is 11.3 Å². The molecule has 3 heterocycles. The number of rotatable bonds is 6. The molecule has 158 valence electrons. The van der Waals surface area contributed by atoms with Crippen molar-refractivity contribution in [2.75, 3.05) is 26.7 Å². The molecule has 1 aliphatic rings. The molecule has 2 N–H and O–H groups in total. The smallest absolute Gasteiger partial charge is 0.220 e. The molecule has 1 aliphatic heterocycles. The van der Waals surface area contributed by atoms with Crippen LogP contribution in [0.1, 0.15) is 31.7 Å². The zero-order chi connectivity index (χ0) is 19.8. The molecule has 2 aromatic rings. The van der Waals surface area contributed by atoms with Crippen molar-refractivity contribution in [3.8, 4) is 5.82 Å². The summed E-state index contributed by atoms with van der Waals surface area (Å²) in [4.78, 5) is 23.1. The van der Waals surface area contributed by atoms with Gasteiger partial charge in [-0.1, -0.05) is 0 Å². The number of carbonyl (C=O) groups is 1. The molecule has 0 aromatic carbocycles. The van der Waals surface area contributed by atoms with Crippen molar-refractivity contribution >= 4 is 35.8 Å². The molecule has 0 spiro atoms.